The number of hydrogen-bond donors (Lipinski definition) is 1. The summed E-state index contributed by atoms with van der Waals surface area (Å²) in [5, 5.41) is 9.71. The first-order chi connectivity index (χ1) is 7.61. The first kappa shape index (κ1) is 13.0. The molecule has 0 aliphatic rings. The molecule has 1 unspecified atom stereocenters. The van der Waals surface area contributed by atoms with Gasteiger partial charge in [0.1, 0.15) is 5.82 Å². The van der Waals surface area contributed by atoms with Gasteiger partial charge in [0, 0.05) is 24.8 Å². The van der Waals surface area contributed by atoms with Gasteiger partial charge in [0.15, 0.2) is 0 Å². The molecule has 90 valence electrons. The zero-order chi connectivity index (χ0) is 12.1. The minimum Gasteiger partial charge on any atom is -0.389 e. The van der Waals surface area contributed by atoms with Crippen LogP contribution in [0.15, 0.2) is 18.3 Å². The fourth-order valence-electron chi connectivity index (χ4n) is 2.04. The zero-order valence-electron chi connectivity index (χ0n) is 10.6. The minimum atomic E-state index is -0.472. The molecule has 1 aromatic rings. The highest BCUT2D eigenvalue weighted by Gasteiger charge is 2.17. The Bertz CT molecular complexity index is 321. The van der Waals surface area contributed by atoms with Gasteiger partial charge in [-0.25, -0.2) is 4.98 Å². The molecule has 0 bridgehead atoms. The van der Waals surface area contributed by atoms with Gasteiger partial charge in [0.25, 0.3) is 0 Å². The number of pyridine rings is 1. The first-order valence-corrected chi connectivity index (χ1v) is 5.97. The van der Waals surface area contributed by atoms with Gasteiger partial charge in [0.2, 0.25) is 0 Å². The summed E-state index contributed by atoms with van der Waals surface area (Å²) < 4.78 is 0. The van der Waals surface area contributed by atoms with Gasteiger partial charge in [-0.2, -0.15) is 0 Å². The summed E-state index contributed by atoms with van der Waals surface area (Å²) in [7, 11) is 2.05. The molecule has 0 aliphatic heterocycles. The van der Waals surface area contributed by atoms with E-state index in [1.807, 2.05) is 19.2 Å². The van der Waals surface area contributed by atoms with Crippen LogP contribution in [0, 0.1) is 0 Å². The molecule has 1 heterocycles. The van der Waals surface area contributed by atoms with Crippen molar-refractivity contribution in [3.63, 3.8) is 0 Å². The second-order valence-corrected chi connectivity index (χ2v) is 4.17. The van der Waals surface area contributed by atoms with E-state index < -0.39 is 6.10 Å². The molecule has 0 aromatic carbocycles. The smallest absolute Gasteiger partial charge is 0.134 e. The van der Waals surface area contributed by atoms with Crippen LogP contribution in [0.3, 0.4) is 0 Å². The average Bonchev–Trinajstić information content (AvgIpc) is 2.30. The third-order valence-electron chi connectivity index (χ3n) is 3.09. The SMILES string of the molecule is CCC(CC)N(C)c1ncccc1C(C)O. The van der Waals surface area contributed by atoms with Crippen molar-refractivity contribution in [1.82, 2.24) is 4.98 Å². The predicted octanol–water partition coefficient (Wildman–Crippen LogP) is 2.76. The van der Waals surface area contributed by atoms with Crippen LogP contribution in [0.5, 0.6) is 0 Å². The second-order valence-electron chi connectivity index (χ2n) is 4.17. The average molecular weight is 222 g/mol. The molecule has 0 fully saturated rings. The summed E-state index contributed by atoms with van der Waals surface area (Å²) in [4.78, 5) is 6.55. The molecule has 0 saturated heterocycles. The molecular weight excluding hydrogens is 200 g/mol. The highest BCUT2D eigenvalue weighted by atomic mass is 16.3. The van der Waals surface area contributed by atoms with Crippen LogP contribution in [0.4, 0.5) is 5.82 Å². The van der Waals surface area contributed by atoms with E-state index in [-0.39, 0.29) is 0 Å². The summed E-state index contributed by atoms with van der Waals surface area (Å²) >= 11 is 0. The van der Waals surface area contributed by atoms with Crippen molar-refractivity contribution in [1.29, 1.82) is 0 Å². The van der Waals surface area contributed by atoms with Crippen molar-refractivity contribution in [2.24, 2.45) is 0 Å². The number of anilines is 1. The lowest BCUT2D eigenvalue weighted by Crippen LogP contribution is -2.32. The van der Waals surface area contributed by atoms with E-state index in [1.54, 1.807) is 13.1 Å². The van der Waals surface area contributed by atoms with Crippen molar-refractivity contribution < 1.29 is 5.11 Å². The van der Waals surface area contributed by atoms with Crippen LogP contribution in [-0.2, 0) is 0 Å². The molecule has 0 saturated carbocycles. The maximum atomic E-state index is 9.71. The Morgan fingerprint density at radius 3 is 2.50 bits per heavy atom. The predicted molar refractivity (Wildman–Crippen MR) is 67.6 cm³/mol. The molecule has 16 heavy (non-hydrogen) atoms. The number of aromatic nitrogens is 1. The lowest BCUT2D eigenvalue weighted by molar-refractivity contribution is 0.199. The maximum absolute atomic E-state index is 9.71. The monoisotopic (exact) mass is 222 g/mol. The van der Waals surface area contributed by atoms with E-state index in [2.05, 4.69) is 23.7 Å². The van der Waals surface area contributed by atoms with Crippen LogP contribution < -0.4 is 4.90 Å². The molecular formula is C13H22N2O. The van der Waals surface area contributed by atoms with Gasteiger partial charge in [-0.3, -0.25) is 0 Å². The van der Waals surface area contributed by atoms with Crippen LogP contribution in [-0.4, -0.2) is 23.2 Å². The Kier molecular flexibility index (Phi) is 4.74. The Morgan fingerprint density at radius 2 is 2.00 bits per heavy atom. The molecule has 1 N–H and O–H groups in total. The van der Waals surface area contributed by atoms with E-state index in [9.17, 15) is 5.11 Å². The van der Waals surface area contributed by atoms with Crippen molar-refractivity contribution >= 4 is 5.82 Å². The highest BCUT2D eigenvalue weighted by Crippen LogP contribution is 2.25. The van der Waals surface area contributed by atoms with Gasteiger partial charge in [-0.05, 0) is 25.8 Å². The van der Waals surface area contributed by atoms with Crippen molar-refractivity contribution in [3.8, 4) is 0 Å². The van der Waals surface area contributed by atoms with E-state index >= 15 is 0 Å². The van der Waals surface area contributed by atoms with Gasteiger partial charge in [0.05, 0.1) is 6.10 Å². The largest absolute Gasteiger partial charge is 0.389 e. The third-order valence-corrected chi connectivity index (χ3v) is 3.09. The van der Waals surface area contributed by atoms with E-state index in [4.69, 9.17) is 0 Å². The fraction of sp³-hybridized carbons (Fsp3) is 0.615. The molecule has 0 aliphatic carbocycles. The molecule has 1 rings (SSSR count). The van der Waals surface area contributed by atoms with Crippen LogP contribution in [0.2, 0.25) is 0 Å². The van der Waals surface area contributed by atoms with Crippen molar-refractivity contribution in [2.75, 3.05) is 11.9 Å². The highest BCUT2D eigenvalue weighted by molar-refractivity contribution is 5.47. The van der Waals surface area contributed by atoms with Gasteiger partial charge < -0.3 is 10.0 Å². The van der Waals surface area contributed by atoms with Crippen LogP contribution in [0.25, 0.3) is 0 Å². The molecule has 1 aromatic heterocycles. The zero-order valence-corrected chi connectivity index (χ0v) is 10.6. The maximum Gasteiger partial charge on any atom is 0.134 e. The van der Waals surface area contributed by atoms with Crippen LogP contribution in [0.1, 0.15) is 45.3 Å². The van der Waals surface area contributed by atoms with Gasteiger partial charge >= 0.3 is 0 Å². The molecule has 3 nitrogen and oxygen atoms in total. The summed E-state index contributed by atoms with van der Waals surface area (Å²) in [5.41, 5.74) is 0.900. The van der Waals surface area contributed by atoms with E-state index in [1.165, 1.54) is 0 Å². The second kappa shape index (κ2) is 5.85. The Balaban J connectivity index is 3.02. The third kappa shape index (κ3) is 2.73. The topological polar surface area (TPSA) is 36.4 Å². The number of hydrogen-bond acceptors (Lipinski definition) is 3. The fourth-order valence-corrected chi connectivity index (χ4v) is 2.04. The van der Waals surface area contributed by atoms with Gasteiger partial charge in [-0.1, -0.05) is 19.9 Å². The normalized spacial score (nSPS) is 12.9. The number of nitrogens with zero attached hydrogens (tertiary/aromatic N) is 2. The molecule has 0 spiro atoms. The Hall–Kier alpha value is -1.09. The van der Waals surface area contributed by atoms with Crippen LogP contribution >= 0.6 is 0 Å². The molecule has 0 radical (unpaired) electrons. The first-order valence-electron chi connectivity index (χ1n) is 5.97. The number of aliphatic hydroxyl groups is 1. The Morgan fingerprint density at radius 1 is 1.38 bits per heavy atom. The summed E-state index contributed by atoms with van der Waals surface area (Å²) in [6.45, 7) is 6.13. The molecule has 0 amide bonds. The summed E-state index contributed by atoms with van der Waals surface area (Å²) in [5.74, 6) is 0.895. The molecule has 1 atom stereocenters. The van der Waals surface area contributed by atoms with Gasteiger partial charge in [-0.15, -0.1) is 0 Å². The standard InChI is InChI=1S/C13H22N2O/c1-5-11(6-2)15(4)13-12(10(3)16)8-7-9-14-13/h7-11,16H,5-6H2,1-4H3. The number of rotatable bonds is 5. The quantitative estimate of drug-likeness (QED) is 0.832. The lowest BCUT2D eigenvalue weighted by Gasteiger charge is -2.29. The Labute approximate surface area is 98.1 Å². The van der Waals surface area contributed by atoms with Crippen molar-refractivity contribution in [2.45, 2.75) is 45.8 Å². The molecule has 3 heteroatoms. The summed E-state index contributed by atoms with van der Waals surface area (Å²) in [6, 6.07) is 4.28. The number of aliphatic hydroxyl groups excluding tert-OH is 1. The van der Waals surface area contributed by atoms with Crippen molar-refractivity contribution in [3.05, 3.63) is 23.9 Å². The minimum absolute atomic E-state index is 0.472. The summed E-state index contributed by atoms with van der Waals surface area (Å²) in [6.07, 6.45) is 3.48. The van der Waals surface area contributed by atoms with E-state index in [0.29, 0.717) is 6.04 Å². The lowest BCUT2D eigenvalue weighted by atomic mass is 10.1. The van der Waals surface area contributed by atoms with E-state index in [0.717, 1.165) is 24.2 Å².